The molecule has 1 aromatic rings. The van der Waals surface area contributed by atoms with Gasteiger partial charge < -0.3 is 15.0 Å². The van der Waals surface area contributed by atoms with Gasteiger partial charge in [-0.15, -0.1) is 0 Å². The minimum Gasteiger partial charge on any atom is -0.375 e. The maximum atomic E-state index is 12.6. The third-order valence-electron chi connectivity index (χ3n) is 4.76. The van der Waals surface area contributed by atoms with Crippen molar-refractivity contribution in [2.24, 2.45) is 0 Å². The van der Waals surface area contributed by atoms with E-state index in [4.69, 9.17) is 4.74 Å². The molecule has 2 heterocycles. The molecule has 0 bridgehead atoms. The molecule has 0 aliphatic carbocycles. The molecule has 0 spiro atoms. The normalized spacial score (nSPS) is 26.3. The summed E-state index contributed by atoms with van der Waals surface area (Å²) < 4.78 is 5.59. The third kappa shape index (κ3) is 4.10. The Morgan fingerprint density at radius 3 is 2.78 bits per heavy atom. The fraction of sp³-hybridized carbons (Fsp3) is 0.611. The predicted octanol–water partition coefficient (Wildman–Crippen LogP) is 1.02. The van der Waals surface area contributed by atoms with Crippen molar-refractivity contribution in [3.63, 3.8) is 0 Å². The van der Waals surface area contributed by atoms with Crippen LogP contribution in [0, 0.1) is 6.92 Å². The topological polar surface area (TPSA) is 44.8 Å². The number of hydrogen-bond donors (Lipinski definition) is 1. The van der Waals surface area contributed by atoms with Crippen LogP contribution < -0.4 is 5.32 Å². The number of nitrogens with zero attached hydrogens (tertiary/aromatic N) is 2. The highest BCUT2D eigenvalue weighted by Gasteiger charge is 2.33. The first kappa shape index (κ1) is 16.4. The lowest BCUT2D eigenvalue weighted by molar-refractivity contribution is -0.141. The molecule has 2 saturated heterocycles. The molecular weight excluding hydrogens is 290 g/mol. The van der Waals surface area contributed by atoms with Crippen LogP contribution in [0.4, 0.5) is 0 Å². The number of carbonyl (C=O) groups is 1. The number of benzene rings is 1. The van der Waals surface area contributed by atoms with E-state index in [1.807, 2.05) is 11.8 Å². The molecule has 5 nitrogen and oxygen atoms in total. The van der Waals surface area contributed by atoms with Crippen molar-refractivity contribution in [2.45, 2.75) is 32.5 Å². The molecule has 1 N–H and O–H groups in total. The van der Waals surface area contributed by atoms with Crippen LogP contribution in [0.25, 0.3) is 0 Å². The van der Waals surface area contributed by atoms with E-state index in [1.165, 1.54) is 11.1 Å². The van der Waals surface area contributed by atoms with Gasteiger partial charge in [-0.2, -0.15) is 0 Å². The monoisotopic (exact) mass is 317 g/mol. The number of piperazine rings is 1. The van der Waals surface area contributed by atoms with Crippen LogP contribution in [0.1, 0.15) is 18.1 Å². The molecule has 23 heavy (non-hydrogen) atoms. The van der Waals surface area contributed by atoms with E-state index in [-0.39, 0.29) is 18.1 Å². The Labute approximate surface area is 138 Å². The molecule has 2 aliphatic heterocycles. The van der Waals surface area contributed by atoms with Crippen LogP contribution in [0.3, 0.4) is 0 Å². The van der Waals surface area contributed by atoms with Gasteiger partial charge in [0, 0.05) is 39.3 Å². The number of rotatable bonds is 3. The Bertz CT molecular complexity index is 541. The molecule has 0 saturated carbocycles. The first-order valence-corrected chi connectivity index (χ1v) is 8.55. The van der Waals surface area contributed by atoms with Crippen LogP contribution in [0.15, 0.2) is 24.3 Å². The number of amides is 1. The first-order valence-electron chi connectivity index (χ1n) is 8.55. The molecule has 0 aromatic heterocycles. The molecule has 3 rings (SSSR count). The highest BCUT2D eigenvalue weighted by Crippen LogP contribution is 2.13. The van der Waals surface area contributed by atoms with Crippen molar-refractivity contribution in [2.75, 3.05) is 39.3 Å². The molecule has 0 unspecified atom stereocenters. The van der Waals surface area contributed by atoms with Crippen molar-refractivity contribution in [3.8, 4) is 0 Å². The van der Waals surface area contributed by atoms with E-state index < -0.39 is 0 Å². The first-order chi connectivity index (χ1) is 11.1. The van der Waals surface area contributed by atoms with Crippen molar-refractivity contribution in [3.05, 3.63) is 35.4 Å². The highest BCUT2D eigenvalue weighted by atomic mass is 16.5. The fourth-order valence-electron chi connectivity index (χ4n) is 3.40. The summed E-state index contributed by atoms with van der Waals surface area (Å²) in [4.78, 5) is 17.0. The zero-order chi connectivity index (χ0) is 16.2. The molecular formula is C18H27N3O2. The summed E-state index contributed by atoms with van der Waals surface area (Å²) >= 11 is 0. The number of morpholine rings is 1. The maximum Gasteiger partial charge on any atom is 0.242 e. The Balaban J connectivity index is 1.51. The molecule has 2 fully saturated rings. The van der Waals surface area contributed by atoms with E-state index in [1.54, 1.807) is 0 Å². The molecule has 1 amide bonds. The number of nitrogens with one attached hydrogen (secondary N) is 1. The van der Waals surface area contributed by atoms with E-state index >= 15 is 0 Å². The van der Waals surface area contributed by atoms with Gasteiger partial charge in [0.15, 0.2) is 0 Å². The quantitative estimate of drug-likeness (QED) is 0.904. The van der Waals surface area contributed by atoms with Crippen LogP contribution in [0.5, 0.6) is 0 Å². The van der Waals surface area contributed by atoms with Gasteiger partial charge in [0.05, 0.1) is 12.7 Å². The summed E-state index contributed by atoms with van der Waals surface area (Å²) in [7, 11) is 0. The molecule has 2 aliphatic rings. The second-order valence-corrected chi connectivity index (χ2v) is 6.60. The van der Waals surface area contributed by atoms with Crippen LogP contribution in [-0.2, 0) is 16.1 Å². The standard InChI is InChI=1S/C18H27N3O2/c1-14-4-3-5-16(12-14)13-20-7-9-21(10-8-20)18(22)17-15(2)23-11-6-19-17/h3-5,12,15,17,19H,6-11,13H2,1-2H3/t15-,17+/m1/s1. The predicted molar refractivity (Wildman–Crippen MR) is 90.2 cm³/mol. The van der Waals surface area contributed by atoms with Gasteiger partial charge in [-0.05, 0) is 19.4 Å². The summed E-state index contributed by atoms with van der Waals surface area (Å²) in [6, 6.07) is 8.46. The second-order valence-electron chi connectivity index (χ2n) is 6.60. The van der Waals surface area contributed by atoms with Crippen LogP contribution >= 0.6 is 0 Å². The Hall–Kier alpha value is -1.43. The SMILES string of the molecule is Cc1cccc(CN2CCN(C(=O)[C@H]3NCCO[C@@H]3C)CC2)c1. The van der Waals surface area contributed by atoms with E-state index in [0.29, 0.717) is 6.61 Å². The van der Waals surface area contributed by atoms with Crippen molar-refractivity contribution < 1.29 is 9.53 Å². The van der Waals surface area contributed by atoms with E-state index in [9.17, 15) is 4.79 Å². The second kappa shape index (κ2) is 7.43. The van der Waals surface area contributed by atoms with Crippen molar-refractivity contribution in [1.82, 2.24) is 15.1 Å². The lowest BCUT2D eigenvalue weighted by Crippen LogP contribution is -2.59. The van der Waals surface area contributed by atoms with Gasteiger partial charge in [0.2, 0.25) is 5.91 Å². The minimum atomic E-state index is -0.188. The van der Waals surface area contributed by atoms with Gasteiger partial charge in [0.1, 0.15) is 6.04 Å². The number of aryl methyl sites for hydroxylation is 1. The number of hydrogen-bond acceptors (Lipinski definition) is 4. The third-order valence-corrected chi connectivity index (χ3v) is 4.76. The van der Waals surface area contributed by atoms with E-state index in [0.717, 1.165) is 39.3 Å². The Morgan fingerprint density at radius 1 is 1.30 bits per heavy atom. The molecule has 0 radical (unpaired) electrons. The molecule has 126 valence electrons. The van der Waals surface area contributed by atoms with Crippen LogP contribution in [-0.4, -0.2) is 67.2 Å². The number of ether oxygens (including phenoxy) is 1. The Morgan fingerprint density at radius 2 is 2.09 bits per heavy atom. The zero-order valence-electron chi connectivity index (χ0n) is 14.1. The largest absolute Gasteiger partial charge is 0.375 e. The maximum absolute atomic E-state index is 12.6. The molecule has 5 heteroatoms. The fourth-order valence-corrected chi connectivity index (χ4v) is 3.40. The average molecular weight is 317 g/mol. The molecule has 1 aromatic carbocycles. The lowest BCUT2D eigenvalue weighted by Gasteiger charge is -2.38. The molecule has 2 atom stereocenters. The smallest absolute Gasteiger partial charge is 0.242 e. The van der Waals surface area contributed by atoms with Gasteiger partial charge in [-0.1, -0.05) is 29.8 Å². The van der Waals surface area contributed by atoms with Gasteiger partial charge >= 0.3 is 0 Å². The minimum absolute atomic E-state index is 0.0402. The van der Waals surface area contributed by atoms with Gasteiger partial charge in [-0.25, -0.2) is 0 Å². The van der Waals surface area contributed by atoms with Crippen LogP contribution in [0.2, 0.25) is 0 Å². The average Bonchev–Trinajstić information content (AvgIpc) is 2.55. The van der Waals surface area contributed by atoms with E-state index in [2.05, 4.69) is 41.4 Å². The van der Waals surface area contributed by atoms with Gasteiger partial charge in [0.25, 0.3) is 0 Å². The summed E-state index contributed by atoms with van der Waals surface area (Å²) in [5.74, 6) is 0.187. The number of carbonyl (C=O) groups excluding carboxylic acids is 1. The Kier molecular flexibility index (Phi) is 5.30. The van der Waals surface area contributed by atoms with Gasteiger partial charge in [-0.3, -0.25) is 9.69 Å². The van der Waals surface area contributed by atoms with Crippen molar-refractivity contribution >= 4 is 5.91 Å². The summed E-state index contributed by atoms with van der Waals surface area (Å²) in [5.41, 5.74) is 2.65. The van der Waals surface area contributed by atoms with Crippen molar-refractivity contribution in [1.29, 1.82) is 0 Å². The zero-order valence-corrected chi connectivity index (χ0v) is 14.1. The summed E-state index contributed by atoms with van der Waals surface area (Å²) in [5, 5.41) is 3.29. The summed E-state index contributed by atoms with van der Waals surface area (Å²) in [6.45, 7) is 9.98. The highest BCUT2D eigenvalue weighted by molar-refractivity contribution is 5.82. The lowest BCUT2D eigenvalue weighted by atomic mass is 10.1. The summed E-state index contributed by atoms with van der Waals surface area (Å²) in [6.07, 6.45) is -0.0402.